The van der Waals surface area contributed by atoms with Crippen LogP contribution in [-0.4, -0.2) is 50.8 Å². The molecule has 1 aromatic rings. The number of carbonyl (C=O) groups excluding carboxylic acids is 2. The SMILES string of the molecule is CCOC(=O)CNC(=O)C1CCN(S(=O)(=O)c2ccccc2)CC1. The van der Waals surface area contributed by atoms with Gasteiger partial charge in [0, 0.05) is 19.0 Å². The zero-order valence-corrected chi connectivity index (χ0v) is 14.4. The first kappa shape index (κ1) is 18.4. The average molecular weight is 354 g/mol. The Balaban J connectivity index is 1.87. The fourth-order valence-corrected chi connectivity index (χ4v) is 4.11. The standard InChI is InChI=1S/C16H22N2O5S/c1-2-23-15(19)12-17-16(20)13-8-10-18(11-9-13)24(21,22)14-6-4-3-5-7-14/h3-7,13H,2,8-12H2,1H3,(H,17,20). The van der Waals surface area contributed by atoms with Crippen LogP contribution in [0, 0.1) is 5.92 Å². The highest BCUT2D eigenvalue weighted by Gasteiger charge is 2.32. The Kier molecular flexibility index (Phi) is 6.33. The van der Waals surface area contributed by atoms with Crippen LogP contribution < -0.4 is 5.32 Å². The Labute approximate surface area is 142 Å². The van der Waals surface area contributed by atoms with E-state index < -0.39 is 16.0 Å². The summed E-state index contributed by atoms with van der Waals surface area (Å²) in [4.78, 5) is 23.6. The van der Waals surface area contributed by atoms with Gasteiger partial charge in [-0.25, -0.2) is 8.42 Å². The number of nitrogens with one attached hydrogen (secondary N) is 1. The minimum atomic E-state index is -3.52. The van der Waals surface area contributed by atoms with Crippen molar-refractivity contribution in [3.63, 3.8) is 0 Å². The quantitative estimate of drug-likeness (QED) is 0.762. The summed E-state index contributed by atoms with van der Waals surface area (Å²) in [5.41, 5.74) is 0. The summed E-state index contributed by atoms with van der Waals surface area (Å²) in [5.74, 6) is -1.00. The van der Waals surface area contributed by atoms with E-state index in [2.05, 4.69) is 5.32 Å². The maximum absolute atomic E-state index is 12.5. The summed E-state index contributed by atoms with van der Waals surface area (Å²) in [6, 6.07) is 8.25. The van der Waals surface area contributed by atoms with Gasteiger partial charge in [0.1, 0.15) is 6.54 Å². The van der Waals surface area contributed by atoms with Crippen molar-refractivity contribution >= 4 is 21.9 Å². The first-order valence-corrected chi connectivity index (χ1v) is 9.37. The fourth-order valence-electron chi connectivity index (χ4n) is 2.62. The minimum Gasteiger partial charge on any atom is -0.465 e. The molecule has 0 bridgehead atoms. The molecule has 0 radical (unpaired) electrons. The average Bonchev–Trinajstić information content (AvgIpc) is 2.61. The number of piperidine rings is 1. The van der Waals surface area contributed by atoms with Gasteiger partial charge >= 0.3 is 5.97 Å². The van der Waals surface area contributed by atoms with E-state index in [1.165, 1.54) is 4.31 Å². The van der Waals surface area contributed by atoms with Crippen LogP contribution in [0.5, 0.6) is 0 Å². The van der Waals surface area contributed by atoms with Gasteiger partial charge in [-0.3, -0.25) is 9.59 Å². The largest absolute Gasteiger partial charge is 0.465 e. The molecule has 0 aliphatic carbocycles. The van der Waals surface area contributed by atoms with Crippen molar-refractivity contribution in [2.24, 2.45) is 5.92 Å². The van der Waals surface area contributed by atoms with E-state index in [-0.39, 0.29) is 43.0 Å². The van der Waals surface area contributed by atoms with Gasteiger partial charge < -0.3 is 10.1 Å². The second-order valence-corrected chi connectivity index (χ2v) is 7.45. The number of amides is 1. The number of hydrogen-bond acceptors (Lipinski definition) is 5. The van der Waals surface area contributed by atoms with E-state index in [1.807, 2.05) is 0 Å². The summed E-state index contributed by atoms with van der Waals surface area (Å²) < 4.78 is 31.2. The Morgan fingerprint density at radius 3 is 2.42 bits per heavy atom. The van der Waals surface area contributed by atoms with Crippen molar-refractivity contribution in [1.82, 2.24) is 9.62 Å². The Morgan fingerprint density at radius 2 is 1.83 bits per heavy atom. The third-order valence-electron chi connectivity index (χ3n) is 3.92. The summed E-state index contributed by atoms with van der Waals surface area (Å²) in [7, 11) is -3.52. The van der Waals surface area contributed by atoms with E-state index in [9.17, 15) is 18.0 Å². The van der Waals surface area contributed by atoms with Crippen molar-refractivity contribution in [2.45, 2.75) is 24.7 Å². The lowest BCUT2D eigenvalue weighted by Crippen LogP contribution is -2.44. The zero-order chi connectivity index (χ0) is 17.6. The minimum absolute atomic E-state index is 0.158. The first-order valence-electron chi connectivity index (χ1n) is 7.93. The van der Waals surface area contributed by atoms with Gasteiger partial charge in [0.05, 0.1) is 11.5 Å². The maximum atomic E-state index is 12.5. The number of sulfonamides is 1. The fraction of sp³-hybridized carbons (Fsp3) is 0.500. The third-order valence-corrected chi connectivity index (χ3v) is 5.83. The molecule has 1 aromatic carbocycles. The molecule has 132 valence electrons. The van der Waals surface area contributed by atoms with Crippen LogP contribution in [0.1, 0.15) is 19.8 Å². The summed E-state index contributed by atoms with van der Waals surface area (Å²) in [6.07, 6.45) is 0.863. The first-order chi connectivity index (χ1) is 11.4. The highest BCUT2D eigenvalue weighted by atomic mass is 32.2. The van der Waals surface area contributed by atoms with Crippen LogP contribution in [-0.2, 0) is 24.3 Å². The van der Waals surface area contributed by atoms with Gasteiger partial charge in [0.2, 0.25) is 15.9 Å². The molecule has 1 amide bonds. The van der Waals surface area contributed by atoms with E-state index >= 15 is 0 Å². The van der Waals surface area contributed by atoms with Crippen LogP contribution >= 0.6 is 0 Å². The molecule has 1 heterocycles. The molecule has 0 spiro atoms. The Hall–Kier alpha value is -1.93. The molecular weight excluding hydrogens is 332 g/mol. The Bertz CT molecular complexity index is 667. The van der Waals surface area contributed by atoms with Gasteiger partial charge in [-0.2, -0.15) is 4.31 Å². The number of benzene rings is 1. The molecule has 2 rings (SSSR count). The predicted molar refractivity (Wildman–Crippen MR) is 87.6 cm³/mol. The van der Waals surface area contributed by atoms with Gasteiger partial charge in [0.25, 0.3) is 0 Å². The van der Waals surface area contributed by atoms with Crippen molar-refractivity contribution in [1.29, 1.82) is 0 Å². The van der Waals surface area contributed by atoms with E-state index in [1.54, 1.807) is 37.3 Å². The van der Waals surface area contributed by atoms with Crippen molar-refractivity contribution in [2.75, 3.05) is 26.2 Å². The van der Waals surface area contributed by atoms with Crippen LogP contribution in [0.2, 0.25) is 0 Å². The lowest BCUT2D eigenvalue weighted by atomic mass is 9.97. The molecular formula is C16H22N2O5S. The van der Waals surface area contributed by atoms with Crippen LogP contribution in [0.15, 0.2) is 35.2 Å². The normalized spacial score (nSPS) is 16.5. The Morgan fingerprint density at radius 1 is 1.21 bits per heavy atom. The molecule has 1 saturated heterocycles. The number of hydrogen-bond donors (Lipinski definition) is 1. The molecule has 0 atom stereocenters. The zero-order valence-electron chi connectivity index (χ0n) is 13.6. The van der Waals surface area contributed by atoms with E-state index in [4.69, 9.17) is 4.74 Å². The molecule has 1 fully saturated rings. The van der Waals surface area contributed by atoms with Gasteiger partial charge in [-0.1, -0.05) is 18.2 Å². The molecule has 24 heavy (non-hydrogen) atoms. The lowest BCUT2D eigenvalue weighted by molar-refractivity contribution is -0.144. The third kappa shape index (κ3) is 4.55. The number of ether oxygens (including phenoxy) is 1. The highest BCUT2D eigenvalue weighted by molar-refractivity contribution is 7.89. The second-order valence-electron chi connectivity index (χ2n) is 5.51. The smallest absolute Gasteiger partial charge is 0.325 e. The maximum Gasteiger partial charge on any atom is 0.325 e. The molecule has 8 heteroatoms. The summed E-state index contributed by atoms with van der Waals surface area (Å²) >= 11 is 0. The molecule has 7 nitrogen and oxygen atoms in total. The van der Waals surface area contributed by atoms with Crippen LogP contribution in [0.3, 0.4) is 0 Å². The molecule has 0 aromatic heterocycles. The lowest BCUT2D eigenvalue weighted by Gasteiger charge is -2.30. The van der Waals surface area contributed by atoms with Crippen molar-refractivity contribution in [3.05, 3.63) is 30.3 Å². The van der Waals surface area contributed by atoms with Gasteiger partial charge in [-0.05, 0) is 31.9 Å². The molecule has 0 saturated carbocycles. The van der Waals surface area contributed by atoms with Crippen molar-refractivity contribution in [3.8, 4) is 0 Å². The van der Waals surface area contributed by atoms with E-state index in [0.29, 0.717) is 12.8 Å². The molecule has 1 aliphatic heterocycles. The monoisotopic (exact) mass is 354 g/mol. The summed E-state index contributed by atoms with van der Waals surface area (Å²) in [5, 5.41) is 2.54. The van der Waals surface area contributed by atoms with Gasteiger partial charge in [0.15, 0.2) is 0 Å². The highest BCUT2D eigenvalue weighted by Crippen LogP contribution is 2.23. The number of rotatable bonds is 6. The van der Waals surface area contributed by atoms with E-state index in [0.717, 1.165) is 0 Å². The predicted octanol–water partition coefficient (Wildman–Crippen LogP) is 0.767. The molecule has 1 aliphatic rings. The topological polar surface area (TPSA) is 92.8 Å². The van der Waals surface area contributed by atoms with Crippen LogP contribution in [0.4, 0.5) is 0 Å². The number of esters is 1. The molecule has 0 unspecified atom stereocenters. The number of nitrogens with zero attached hydrogens (tertiary/aromatic N) is 1. The van der Waals surface area contributed by atoms with Gasteiger partial charge in [-0.15, -0.1) is 0 Å². The second kappa shape index (κ2) is 8.25. The van der Waals surface area contributed by atoms with Crippen molar-refractivity contribution < 1.29 is 22.7 Å². The number of carbonyl (C=O) groups is 2. The van der Waals surface area contributed by atoms with Crippen LogP contribution in [0.25, 0.3) is 0 Å². The summed E-state index contributed by atoms with van der Waals surface area (Å²) in [6.45, 7) is 2.38. The molecule has 1 N–H and O–H groups in total.